The number of rotatable bonds is 2. The molecule has 0 bridgehead atoms. The molecule has 0 spiro atoms. The maximum atomic E-state index is 12.1. The van der Waals surface area contributed by atoms with E-state index in [2.05, 4.69) is 0 Å². The first-order valence-electron chi connectivity index (χ1n) is 5.66. The number of para-hydroxylation sites is 1. The topological polar surface area (TPSA) is 53.7 Å². The van der Waals surface area contributed by atoms with Gasteiger partial charge in [0.25, 0.3) is 5.91 Å². The van der Waals surface area contributed by atoms with E-state index in [-0.39, 0.29) is 18.4 Å². The fraction of sp³-hybridized carbons (Fsp3) is 0.308. The molecule has 1 amide bonds. The zero-order valence-corrected chi connectivity index (χ0v) is 9.30. The Bertz CT molecular complexity index is 555. The Labute approximate surface area is 98.4 Å². The molecule has 0 saturated carbocycles. The van der Waals surface area contributed by atoms with Gasteiger partial charge >= 0.3 is 0 Å². The fourth-order valence-electron chi connectivity index (χ4n) is 2.16. The van der Waals surface area contributed by atoms with E-state index in [1.54, 1.807) is 4.90 Å². The number of hydrogen-bond donors (Lipinski definition) is 1. The lowest BCUT2D eigenvalue weighted by molar-refractivity contribution is 0.0363. The number of likely N-dealkylation sites (tertiary alicyclic amines) is 1. The molecule has 4 nitrogen and oxygen atoms in total. The van der Waals surface area contributed by atoms with Gasteiger partial charge in [-0.15, -0.1) is 0 Å². The molecule has 1 fully saturated rings. The fourth-order valence-corrected chi connectivity index (χ4v) is 2.16. The zero-order chi connectivity index (χ0) is 11.8. The van der Waals surface area contributed by atoms with E-state index < -0.39 is 0 Å². The standard InChI is InChI=1S/C13H13NO3/c15-7-9-5-14(6-9)13(16)11-8-17-12-4-2-1-3-10(11)12/h1-4,8-9,15H,5-7H2. The van der Waals surface area contributed by atoms with Crippen LogP contribution >= 0.6 is 0 Å². The highest BCUT2D eigenvalue weighted by Gasteiger charge is 2.31. The summed E-state index contributed by atoms with van der Waals surface area (Å²) in [6.07, 6.45) is 1.51. The van der Waals surface area contributed by atoms with Crippen LogP contribution in [-0.2, 0) is 0 Å². The Morgan fingerprint density at radius 2 is 2.18 bits per heavy atom. The number of aliphatic hydroxyl groups is 1. The normalized spacial score (nSPS) is 16.2. The van der Waals surface area contributed by atoms with Crippen LogP contribution in [0.15, 0.2) is 34.9 Å². The third kappa shape index (κ3) is 1.61. The monoisotopic (exact) mass is 231 g/mol. The average Bonchev–Trinajstić information content (AvgIpc) is 2.71. The summed E-state index contributed by atoms with van der Waals surface area (Å²) in [4.78, 5) is 13.9. The van der Waals surface area contributed by atoms with Crippen LogP contribution < -0.4 is 0 Å². The van der Waals surface area contributed by atoms with Crippen molar-refractivity contribution in [3.05, 3.63) is 36.1 Å². The lowest BCUT2D eigenvalue weighted by Gasteiger charge is -2.38. The number of benzene rings is 1. The number of furan rings is 1. The van der Waals surface area contributed by atoms with Crippen molar-refractivity contribution >= 4 is 16.9 Å². The summed E-state index contributed by atoms with van der Waals surface area (Å²) in [5.74, 6) is 0.219. The summed E-state index contributed by atoms with van der Waals surface area (Å²) < 4.78 is 5.35. The molecule has 88 valence electrons. The quantitative estimate of drug-likeness (QED) is 0.852. The van der Waals surface area contributed by atoms with E-state index in [1.807, 2.05) is 24.3 Å². The van der Waals surface area contributed by atoms with Gasteiger partial charge in [-0.2, -0.15) is 0 Å². The lowest BCUT2D eigenvalue weighted by Crippen LogP contribution is -2.51. The SMILES string of the molecule is O=C(c1coc2ccccc12)N1CC(CO)C1. The van der Waals surface area contributed by atoms with Gasteiger partial charge in [-0.3, -0.25) is 4.79 Å². The maximum absolute atomic E-state index is 12.1. The predicted molar refractivity (Wildman–Crippen MR) is 62.7 cm³/mol. The van der Waals surface area contributed by atoms with E-state index in [0.29, 0.717) is 18.7 Å². The van der Waals surface area contributed by atoms with Gasteiger partial charge in [0.2, 0.25) is 0 Å². The van der Waals surface area contributed by atoms with Gasteiger partial charge in [0.1, 0.15) is 11.8 Å². The third-order valence-electron chi connectivity index (χ3n) is 3.21. The van der Waals surface area contributed by atoms with Crippen LogP contribution in [0.2, 0.25) is 0 Å². The Morgan fingerprint density at radius 1 is 1.41 bits per heavy atom. The van der Waals surface area contributed by atoms with Crippen molar-refractivity contribution in [1.29, 1.82) is 0 Å². The van der Waals surface area contributed by atoms with Crippen molar-refractivity contribution in [2.24, 2.45) is 5.92 Å². The van der Waals surface area contributed by atoms with Crippen LogP contribution in [-0.4, -0.2) is 35.6 Å². The summed E-state index contributed by atoms with van der Waals surface area (Å²) in [5, 5.41) is 9.78. The summed E-state index contributed by atoms with van der Waals surface area (Å²) >= 11 is 0. The average molecular weight is 231 g/mol. The second-order valence-electron chi connectivity index (χ2n) is 4.40. The van der Waals surface area contributed by atoms with Crippen molar-refractivity contribution in [2.75, 3.05) is 19.7 Å². The van der Waals surface area contributed by atoms with Gasteiger partial charge in [-0.1, -0.05) is 18.2 Å². The maximum Gasteiger partial charge on any atom is 0.257 e. The molecule has 0 radical (unpaired) electrons. The summed E-state index contributed by atoms with van der Waals surface area (Å²) in [6.45, 7) is 1.42. The number of aliphatic hydroxyl groups excluding tert-OH is 1. The van der Waals surface area contributed by atoms with Crippen LogP contribution in [0.1, 0.15) is 10.4 Å². The summed E-state index contributed by atoms with van der Waals surface area (Å²) in [5.41, 5.74) is 1.34. The van der Waals surface area contributed by atoms with E-state index in [9.17, 15) is 4.79 Å². The lowest BCUT2D eigenvalue weighted by atomic mass is 10.00. The molecule has 1 aromatic heterocycles. The van der Waals surface area contributed by atoms with E-state index in [4.69, 9.17) is 9.52 Å². The van der Waals surface area contributed by atoms with Gasteiger partial charge < -0.3 is 14.4 Å². The van der Waals surface area contributed by atoms with Gasteiger partial charge in [0, 0.05) is 31.0 Å². The van der Waals surface area contributed by atoms with Crippen LogP contribution in [0.25, 0.3) is 11.0 Å². The first-order chi connectivity index (χ1) is 8.29. The molecule has 0 unspecified atom stereocenters. The molecule has 1 N–H and O–H groups in total. The first-order valence-corrected chi connectivity index (χ1v) is 5.66. The second-order valence-corrected chi connectivity index (χ2v) is 4.40. The minimum absolute atomic E-state index is 0.0142. The van der Waals surface area contributed by atoms with Crippen LogP contribution in [0.4, 0.5) is 0 Å². The molecular formula is C13H13NO3. The summed E-state index contributed by atoms with van der Waals surface area (Å²) in [6, 6.07) is 7.50. The summed E-state index contributed by atoms with van der Waals surface area (Å²) in [7, 11) is 0. The molecule has 1 aliphatic heterocycles. The largest absolute Gasteiger partial charge is 0.463 e. The molecular weight excluding hydrogens is 218 g/mol. The van der Waals surface area contributed by atoms with E-state index >= 15 is 0 Å². The number of nitrogens with zero attached hydrogens (tertiary/aromatic N) is 1. The molecule has 0 atom stereocenters. The minimum Gasteiger partial charge on any atom is -0.463 e. The number of carbonyl (C=O) groups excluding carboxylic acids is 1. The zero-order valence-electron chi connectivity index (χ0n) is 9.30. The van der Waals surface area contributed by atoms with Crippen LogP contribution in [0, 0.1) is 5.92 Å². The van der Waals surface area contributed by atoms with E-state index in [1.165, 1.54) is 6.26 Å². The smallest absolute Gasteiger partial charge is 0.257 e. The van der Waals surface area contributed by atoms with Crippen LogP contribution in [0.3, 0.4) is 0 Å². The van der Waals surface area contributed by atoms with Crippen molar-refractivity contribution in [1.82, 2.24) is 4.90 Å². The Hall–Kier alpha value is -1.81. The number of carbonyl (C=O) groups is 1. The number of fused-ring (bicyclic) bond motifs is 1. The van der Waals surface area contributed by atoms with Gasteiger partial charge in [0.05, 0.1) is 5.56 Å². The molecule has 2 heterocycles. The second kappa shape index (κ2) is 3.89. The van der Waals surface area contributed by atoms with Crippen molar-refractivity contribution < 1.29 is 14.3 Å². The molecule has 1 aromatic carbocycles. The predicted octanol–water partition coefficient (Wildman–Crippen LogP) is 1.50. The molecule has 3 rings (SSSR count). The highest BCUT2D eigenvalue weighted by atomic mass is 16.3. The molecule has 1 aliphatic rings. The van der Waals surface area contributed by atoms with Crippen LogP contribution in [0.5, 0.6) is 0 Å². The van der Waals surface area contributed by atoms with E-state index in [0.717, 1.165) is 11.0 Å². The van der Waals surface area contributed by atoms with Crippen molar-refractivity contribution in [3.8, 4) is 0 Å². The molecule has 2 aromatic rings. The third-order valence-corrected chi connectivity index (χ3v) is 3.21. The highest BCUT2D eigenvalue weighted by Crippen LogP contribution is 2.25. The van der Waals surface area contributed by atoms with Gasteiger partial charge in [-0.25, -0.2) is 0 Å². The molecule has 0 aliphatic carbocycles. The molecule has 17 heavy (non-hydrogen) atoms. The Balaban J connectivity index is 1.87. The van der Waals surface area contributed by atoms with Gasteiger partial charge in [0.15, 0.2) is 0 Å². The van der Waals surface area contributed by atoms with Gasteiger partial charge in [-0.05, 0) is 6.07 Å². The molecule has 1 saturated heterocycles. The Morgan fingerprint density at radius 3 is 2.94 bits per heavy atom. The van der Waals surface area contributed by atoms with Crippen molar-refractivity contribution in [2.45, 2.75) is 0 Å². The first kappa shape index (κ1) is 10.4. The molecule has 4 heteroatoms. The minimum atomic E-state index is -0.0142. The van der Waals surface area contributed by atoms with Crippen molar-refractivity contribution in [3.63, 3.8) is 0 Å². The number of amides is 1. The highest BCUT2D eigenvalue weighted by molar-refractivity contribution is 6.06. The Kier molecular flexibility index (Phi) is 2.37. The number of hydrogen-bond acceptors (Lipinski definition) is 3.